The molecule has 1 amide bonds. The van der Waals surface area contributed by atoms with Crippen LogP contribution in [0.25, 0.3) is 11.1 Å². The van der Waals surface area contributed by atoms with Crippen molar-refractivity contribution in [3.05, 3.63) is 117 Å². The Labute approximate surface area is 287 Å². The summed E-state index contributed by atoms with van der Waals surface area (Å²) in [5, 5.41) is -0.324. The number of amides is 1. The maximum atomic E-state index is 14.6. The minimum Gasteiger partial charge on any atom is -0.336 e. The molecular formula is C36H38F4N4O2S. The maximum absolute atomic E-state index is 14.6. The van der Waals surface area contributed by atoms with Gasteiger partial charge in [0.25, 0.3) is 5.56 Å². The summed E-state index contributed by atoms with van der Waals surface area (Å²) in [6.07, 6.45) is -3.64. The molecular weight excluding hydrogens is 628 g/mol. The Kier molecular flexibility index (Phi) is 8.17. The lowest BCUT2D eigenvalue weighted by atomic mass is 10.0. The Morgan fingerprint density at radius 1 is 0.957 bits per heavy atom. The Morgan fingerprint density at radius 3 is 2.21 bits per heavy atom. The molecule has 1 aromatic heterocycles. The minimum atomic E-state index is -4.52. The molecule has 248 valence electrons. The van der Waals surface area contributed by atoms with Crippen LogP contribution < -0.4 is 5.56 Å². The Bertz CT molecular complexity index is 2100. The summed E-state index contributed by atoms with van der Waals surface area (Å²) in [4.78, 5) is 34.5. The first kappa shape index (κ1) is 25.1. The van der Waals surface area contributed by atoms with Gasteiger partial charge in [-0.25, -0.2) is 4.39 Å². The van der Waals surface area contributed by atoms with E-state index in [0.717, 1.165) is 21.6 Å². The van der Waals surface area contributed by atoms with Crippen LogP contribution in [-0.4, -0.2) is 51.4 Å². The first-order valence-electron chi connectivity index (χ1n) is 19.1. The highest BCUT2D eigenvalue weighted by molar-refractivity contribution is 7.98. The number of thioether (sulfide) groups is 1. The molecule has 1 heterocycles. The van der Waals surface area contributed by atoms with Crippen LogP contribution in [0, 0.1) is 5.82 Å². The summed E-state index contributed by atoms with van der Waals surface area (Å²) >= 11 is 0.667. The zero-order chi connectivity index (χ0) is 40.6. The van der Waals surface area contributed by atoms with Crippen LogP contribution in [0.15, 0.2) is 82.7 Å². The summed E-state index contributed by atoms with van der Waals surface area (Å²) in [5.41, 5.74) is -0.500. The third-order valence-corrected chi connectivity index (χ3v) is 8.74. The molecule has 11 heteroatoms. The van der Waals surface area contributed by atoms with Gasteiger partial charge in [0.15, 0.2) is 5.16 Å². The van der Waals surface area contributed by atoms with E-state index in [0.29, 0.717) is 42.4 Å². The number of nitrogens with zero attached hydrogens (tertiary/aromatic N) is 4. The van der Waals surface area contributed by atoms with Gasteiger partial charge in [-0.15, -0.1) is 0 Å². The van der Waals surface area contributed by atoms with Gasteiger partial charge in [0, 0.05) is 36.6 Å². The summed E-state index contributed by atoms with van der Waals surface area (Å²) in [6.45, 7) is -0.961. The highest BCUT2D eigenvalue weighted by atomic mass is 32.2. The van der Waals surface area contributed by atoms with Crippen molar-refractivity contribution < 1.29 is 33.3 Å². The summed E-state index contributed by atoms with van der Waals surface area (Å²) in [5.74, 6) is -3.04. The van der Waals surface area contributed by atoms with Crippen LogP contribution in [0.1, 0.15) is 59.2 Å². The van der Waals surface area contributed by atoms with E-state index in [1.165, 1.54) is 36.4 Å². The van der Waals surface area contributed by atoms with E-state index in [9.17, 15) is 32.6 Å². The lowest BCUT2D eigenvalue weighted by Crippen LogP contribution is -2.40. The summed E-state index contributed by atoms with van der Waals surface area (Å²) in [7, 11) is 0. The molecule has 6 nitrogen and oxygen atoms in total. The quantitative estimate of drug-likeness (QED) is 0.0852. The zero-order valence-corrected chi connectivity index (χ0v) is 26.6. The van der Waals surface area contributed by atoms with Gasteiger partial charge in [-0.1, -0.05) is 74.1 Å². The highest BCUT2D eigenvalue weighted by Crippen LogP contribution is 2.31. The van der Waals surface area contributed by atoms with Gasteiger partial charge in [0.1, 0.15) is 12.3 Å². The molecule has 0 N–H and O–H groups in total. The number of fused-ring (bicyclic) bond motifs is 1. The molecule has 0 saturated heterocycles. The second-order valence-corrected chi connectivity index (χ2v) is 11.7. The summed E-state index contributed by atoms with van der Waals surface area (Å²) in [6, 6.07) is 7.04. The topological polar surface area (TPSA) is 58.4 Å². The van der Waals surface area contributed by atoms with Crippen LogP contribution in [0.5, 0.6) is 0 Å². The normalized spacial score (nSPS) is 15.9. The number of hydrogen-bond donors (Lipinski definition) is 0. The standard InChI is InChI=1S/C36H38F4N4O2S/c1-3-42(4-2)20-21-43(22-25-8-12-27(13-9-25)28-14-16-29(17-15-28)36(38,39)40)33(45)23-44-32-7-5-6-31(32)34(46)41-35(44)47-24-26-10-18-30(37)19-11-26/h8-19H,3-7,20-24H2,1-2H3/i10D,11D,18D,19D,22D2,23D2. The number of aromatic nitrogens is 2. The van der Waals surface area contributed by atoms with E-state index in [4.69, 9.17) is 5.48 Å². The van der Waals surface area contributed by atoms with Crippen molar-refractivity contribution in [1.82, 2.24) is 19.4 Å². The molecule has 47 heavy (non-hydrogen) atoms. The minimum absolute atomic E-state index is 0.0376. The van der Waals surface area contributed by atoms with Crippen LogP contribution in [0.2, 0.25) is 0 Å². The van der Waals surface area contributed by atoms with Gasteiger partial charge >= 0.3 is 6.18 Å². The number of hydrogen-bond acceptors (Lipinski definition) is 5. The molecule has 0 saturated carbocycles. The van der Waals surface area contributed by atoms with Crippen LogP contribution in [0.4, 0.5) is 17.6 Å². The number of carbonyl (C=O) groups excluding carboxylic acids is 1. The monoisotopic (exact) mass is 674 g/mol. The van der Waals surface area contributed by atoms with Crippen LogP contribution >= 0.6 is 11.8 Å². The molecule has 3 aromatic carbocycles. The van der Waals surface area contributed by atoms with Gasteiger partial charge in [0.05, 0.1) is 16.5 Å². The molecule has 0 fully saturated rings. The fraction of sp³-hybridized carbons (Fsp3) is 0.361. The van der Waals surface area contributed by atoms with Crippen molar-refractivity contribution in [3.63, 3.8) is 0 Å². The Morgan fingerprint density at radius 2 is 1.60 bits per heavy atom. The molecule has 1 aliphatic carbocycles. The lowest BCUT2D eigenvalue weighted by molar-refractivity contribution is -0.137. The number of rotatable bonds is 13. The van der Waals surface area contributed by atoms with Crippen molar-refractivity contribution in [3.8, 4) is 11.1 Å². The van der Waals surface area contributed by atoms with Crippen LogP contribution in [0.3, 0.4) is 0 Å². The van der Waals surface area contributed by atoms with Crippen molar-refractivity contribution in [2.45, 2.75) is 63.2 Å². The maximum Gasteiger partial charge on any atom is 0.416 e. The lowest BCUT2D eigenvalue weighted by Gasteiger charge is -2.28. The Hall–Kier alpha value is -3.96. The number of carbonyl (C=O) groups is 1. The van der Waals surface area contributed by atoms with Crippen molar-refractivity contribution in [2.24, 2.45) is 0 Å². The smallest absolute Gasteiger partial charge is 0.336 e. The Balaban J connectivity index is 1.56. The molecule has 0 bridgehead atoms. The molecule has 4 aromatic rings. The van der Waals surface area contributed by atoms with Gasteiger partial charge in [-0.2, -0.15) is 18.2 Å². The van der Waals surface area contributed by atoms with Gasteiger partial charge in [-0.3, -0.25) is 9.59 Å². The third kappa shape index (κ3) is 8.70. The first-order chi connectivity index (χ1) is 25.7. The highest BCUT2D eigenvalue weighted by Gasteiger charge is 2.30. The van der Waals surface area contributed by atoms with Gasteiger partial charge in [-0.05, 0) is 78.8 Å². The number of alkyl halides is 3. The van der Waals surface area contributed by atoms with E-state index in [1.807, 2.05) is 18.7 Å². The predicted octanol–water partition coefficient (Wildman–Crippen LogP) is 7.22. The van der Waals surface area contributed by atoms with Crippen molar-refractivity contribution >= 4 is 17.7 Å². The second kappa shape index (κ2) is 15.3. The van der Waals surface area contributed by atoms with E-state index in [2.05, 4.69) is 4.98 Å². The molecule has 0 spiro atoms. The first-order valence-corrected chi connectivity index (χ1v) is 16.1. The SMILES string of the molecule is [2H]c1c([2H])c(CSc2nc(=O)c3c(n2C([2H])([2H])C(=O)N(CCN(CC)CC)C([2H])([2H])c2ccc(-c4ccc(C(F)(F)F)cc4)cc2)CCC3)c([2H])c([2H])c1F. The molecule has 0 aliphatic heterocycles. The zero-order valence-electron chi connectivity index (χ0n) is 33.8. The molecule has 0 unspecified atom stereocenters. The van der Waals surface area contributed by atoms with E-state index >= 15 is 0 Å². The van der Waals surface area contributed by atoms with Gasteiger partial charge in [0.2, 0.25) is 5.91 Å². The number of benzene rings is 3. The van der Waals surface area contributed by atoms with Gasteiger partial charge < -0.3 is 14.4 Å². The average Bonchev–Trinajstić information content (AvgIpc) is 3.65. The second-order valence-electron chi connectivity index (χ2n) is 10.8. The van der Waals surface area contributed by atoms with Crippen molar-refractivity contribution in [2.75, 3.05) is 26.2 Å². The van der Waals surface area contributed by atoms with E-state index < -0.39 is 71.9 Å². The fourth-order valence-corrected chi connectivity index (χ4v) is 6.01. The van der Waals surface area contributed by atoms with E-state index in [-0.39, 0.29) is 53.5 Å². The number of halogens is 4. The van der Waals surface area contributed by atoms with Crippen molar-refractivity contribution in [1.29, 1.82) is 0 Å². The summed E-state index contributed by atoms with van der Waals surface area (Å²) < 4.78 is 124. The number of likely N-dealkylation sites (N-methyl/N-ethyl adjacent to an activating group) is 1. The predicted molar refractivity (Wildman–Crippen MR) is 177 cm³/mol. The average molecular weight is 675 g/mol. The molecule has 0 radical (unpaired) electrons. The van der Waals surface area contributed by atoms with E-state index in [1.54, 1.807) is 0 Å². The molecule has 5 rings (SSSR count). The van der Waals surface area contributed by atoms with Crippen LogP contribution in [-0.2, 0) is 42.6 Å². The molecule has 0 atom stereocenters. The third-order valence-electron chi connectivity index (χ3n) is 7.78. The molecule has 1 aliphatic rings. The largest absolute Gasteiger partial charge is 0.416 e. The fourth-order valence-electron chi connectivity index (χ4n) is 5.16.